The van der Waals surface area contributed by atoms with Crippen LogP contribution in [0.25, 0.3) is 0 Å². The fraction of sp³-hybridized carbons (Fsp3) is 0.615. The van der Waals surface area contributed by atoms with Crippen LogP contribution >= 0.6 is 0 Å². The van der Waals surface area contributed by atoms with E-state index in [-0.39, 0.29) is 6.04 Å². The smallest absolute Gasteiger partial charge is 0.128 e. The van der Waals surface area contributed by atoms with Crippen LogP contribution in [0.5, 0.6) is 0 Å². The van der Waals surface area contributed by atoms with Gasteiger partial charge in [0.1, 0.15) is 5.82 Å². The molecule has 0 amide bonds. The number of anilines is 1. The fourth-order valence-electron chi connectivity index (χ4n) is 2.04. The Balaban J connectivity index is 3.14. The molecule has 0 saturated heterocycles. The number of nitrogen functional groups attached to an aromatic ring is 1. The number of pyridine rings is 1. The van der Waals surface area contributed by atoms with E-state index in [0.29, 0.717) is 12.4 Å². The molecule has 0 aliphatic rings. The molecule has 2 atom stereocenters. The van der Waals surface area contributed by atoms with Gasteiger partial charge in [-0.3, -0.25) is 0 Å². The zero-order chi connectivity index (χ0) is 13.1. The molecule has 1 aromatic heterocycles. The molecule has 4 heteroatoms. The number of rotatable bonds is 5. The Kier molecular flexibility index (Phi) is 4.48. The SMILES string of the molecule is CCOC(C)(CC)C(N)c1c(C)ccnc1N. The predicted octanol–water partition coefficient (Wildman–Crippen LogP) is 2.18. The number of hydrogen-bond donors (Lipinski definition) is 2. The maximum Gasteiger partial charge on any atom is 0.128 e. The topological polar surface area (TPSA) is 74.2 Å². The lowest BCUT2D eigenvalue weighted by atomic mass is 9.86. The van der Waals surface area contributed by atoms with Gasteiger partial charge in [-0.2, -0.15) is 0 Å². The number of nitrogens with two attached hydrogens (primary N) is 2. The highest BCUT2D eigenvalue weighted by atomic mass is 16.5. The van der Waals surface area contributed by atoms with Gasteiger partial charge in [0, 0.05) is 18.4 Å². The van der Waals surface area contributed by atoms with E-state index in [4.69, 9.17) is 16.2 Å². The molecule has 17 heavy (non-hydrogen) atoms. The van der Waals surface area contributed by atoms with Crippen molar-refractivity contribution in [1.29, 1.82) is 0 Å². The van der Waals surface area contributed by atoms with Gasteiger partial charge in [-0.1, -0.05) is 6.92 Å². The summed E-state index contributed by atoms with van der Waals surface area (Å²) in [6.07, 6.45) is 2.53. The van der Waals surface area contributed by atoms with E-state index in [0.717, 1.165) is 17.5 Å². The van der Waals surface area contributed by atoms with E-state index in [9.17, 15) is 0 Å². The second-order valence-corrected chi connectivity index (χ2v) is 4.50. The number of nitrogens with zero attached hydrogens (tertiary/aromatic N) is 1. The van der Waals surface area contributed by atoms with Crippen molar-refractivity contribution in [3.8, 4) is 0 Å². The quantitative estimate of drug-likeness (QED) is 0.823. The van der Waals surface area contributed by atoms with E-state index < -0.39 is 5.60 Å². The van der Waals surface area contributed by atoms with Gasteiger partial charge in [-0.15, -0.1) is 0 Å². The highest BCUT2D eigenvalue weighted by Crippen LogP contribution is 2.33. The Morgan fingerprint density at radius 3 is 2.59 bits per heavy atom. The maximum atomic E-state index is 6.33. The lowest BCUT2D eigenvalue weighted by Gasteiger charge is -2.35. The maximum absolute atomic E-state index is 6.33. The van der Waals surface area contributed by atoms with Crippen molar-refractivity contribution in [2.24, 2.45) is 5.73 Å². The predicted molar refractivity (Wildman–Crippen MR) is 70.6 cm³/mol. The number of hydrogen-bond acceptors (Lipinski definition) is 4. The largest absolute Gasteiger partial charge is 0.383 e. The Morgan fingerprint density at radius 1 is 1.47 bits per heavy atom. The van der Waals surface area contributed by atoms with Gasteiger partial charge in [0.25, 0.3) is 0 Å². The molecule has 96 valence electrons. The van der Waals surface area contributed by atoms with Gasteiger partial charge in [-0.05, 0) is 38.8 Å². The first-order chi connectivity index (χ1) is 7.96. The first-order valence-electron chi connectivity index (χ1n) is 6.06. The van der Waals surface area contributed by atoms with E-state index in [1.165, 1.54) is 0 Å². The fourth-order valence-corrected chi connectivity index (χ4v) is 2.04. The lowest BCUT2D eigenvalue weighted by molar-refractivity contribution is -0.0472. The molecule has 1 heterocycles. The van der Waals surface area contributed by atoms with Crippen LogP contribution in [0.3, 0.4) is 0 Å². The third kappa shape index (κ3) is 2.76. The molecular formula is C13H23N3O. The number of aromatic nitrogens is 1. The van der Waals surface area contributed by atoms with Gasteiger partial charge in [-0.25, -0.2) is 4.98 Å². The van der Waals surface area contributed by atoms with Gasteiger partial charge in [0.2, 0.25) is 0 Å². The summed E-state index contributed by atoms with van der Waals surface area (Å²) >= 11 is 0. The summed E-state index contributed by atoms with van der Waals surface area (Å²) < 4.78 is 5.80. The van der Waals surface area contributed by atoms with Crippen molar-refractivity contribution in [3.63, 3.8) is 0 Å². The van der Waals surface area contributed by atoms with E-state index in [2.05, 4.69) is 11.9 Å². The first-order valence-corrected chi connectivity index (χ1v) is 6.06. The third-order valence-corrected chi connectivity index (χ3v) is 3.38. The molecule has 0 fully saturated rings. The lowest BCUT2D eigenvalue weighted by Crippen LogP contribution is -2.41. The van der Waals surface area contributed by atoms with Gasteiger partial charge < -0.3 is 16.2 Å². The molecule has 0 aromatic carbocycles. The minimum absolute atomic E-state index is 0.263. The zero-order valence-corrected chi connectivity index (χ0v) is 11.2. The minimum atomic E-state index is -0.406. The Bertz CT molecular complexity index is 361. The van der Waals surface area contributed by atoms with Gasteiger partial charge in [0.15, 0.2) is 0 Å². The molecule has 4 nitrogen and oxygen atoms in total. The van der Waals surface area contributed by atoms with E-state index >= 15 is 0 Å². The van der Waals surface area contributed by atoms with Crippen molar-refractivity contribution in [2.45, 2.75) is 45.8 Å². The minimum Gasteiger partial charge on any atom is -0.383 e. The highest BCUT2D eigenvalue weighted by molar-refractivity contribution is 5.47. The summed E-state index contributed by atoms with van der Waals surface area (Å²) in [5.74, 6) is 0.497. The van der Waals surface area contributed by atoms with Crippen molar-refractivity contribution < 1.29 is 4.74 Å². The third-order valence-electron chi connectivity index (χ3n) is 3.38. The summed E-state index contributed by atoms with van der Waals surface area (Å²) in [6, 6.07) is 1.66. The highest BCUT2D eigenvalue weighted by Gasteiger charge is 2.33. The Labute approximate surface area is 103 Å². The van der Waals surface area contributed by atoms with Gasteiger partial charge in [0.05, 0.1) is 11.6 Å². The average Bonchev–Trinajstić information content (AvgIpc) is 2.28. The molecular weight excluding hydrogens is 214 g/mol. The second-order valence-electron chi connectivity index (χ2n) is 4.50. The summed E-state index contributed by atoms with van der Waals surface area (Å²) in [5, 5.41) is 0. The summed E-state index contributed by atoms with van der Waals surface area (Å²) in [5.41, 5.74) is 13.8. The van der Waals surface area contributed by atoms with Crippen LogP contribution in [0.2, 0.25) is 0 Å². The summed E-state index contributed by atoms with van der Waals surface area (Å²) in [6.45, 7) is 8.69. The number of ether oxygens (including phenoxy) is 1. The number of aryl methyl sites for hydroxylation is 1. The molecule has 1 rings (SSSR count). The standard InChI is InChI=1S/C13H23N3O/c1-5-13(4,17-6-2)11(14)10-9(3)7-8-16-12(10)15/h7-8,11H,5-6,14H2,1-4H3,(H2,15,16). The molecule has 0 spiro atoms. The molecule has 4 N–H and O–H groups in total. The van der Waals surface area contributed by atoms with Crippen LogP contribution in [0.15, 0.2) is 12.3 Å². The Morgan fingerprint density at radius 2 is 2.12 bits per heavy atom. The van der Waals surface area contributed by atoms with Crippen molar-refractivity contribution in [2.75, 3.05) is 12.3 Å². The normalized spacial score (nSPS) is 16.5. The molecule has 2 unspecified atom stereocenters. The van der Waals surface area contributed by atoms with Crippen molar-refractivity contribution in [3.05, 3.63) is 23.4 Å². The van der Waals surface area contributed by atoms with Crippen molar-refractivity contribution in [1.82, 2.24) is 4.98 Å². The van der Waals surface area contributed by atoms with Gasteiger partial charge >= 0.3 is 0 Å². The molecule has 0 aliphatic heterocycles. The molecule has 0 saturated carbocycles. The van der Waals surface area contributed by atoms with Crippen LogP contribution in [-0.4, -0.2) is 17.2 Å². The van der Waals surface area contributed by atoms with E-state index in [1.54, 1.807) is 6.20 Å². The first kappa shape index (κ1) is 13.9. The molecule has 0 radical (unpaired) electrons. The molecule has 0 aliphatic carbocycles. The van der Waals surface area contributed by atoms with Crippen LogP contribution < -0.4 is 11.5 Å². The van der Waals surface area contributed by atoms with Crippen LogP contribution in [-0.2, 0) is 4.74 Å². The monoisotopic (exact) mass is 237 g/mol. The summed E-state index contributed by atoms with van der Waals surface area (Å²) in [7, 11) is 0. The van der Waals surface area contributed by atoms with Crippen LogP contribution in [0.1, 0.15) is 44.4 Å². The van der Waals surface area contributed by atoms with Crippen LogP contribution in [0.4, 0.5) is 5.82 Å². The van der Waals surface area contributed by atoms with Crippen molar-refractivity contribution >= 4 is 5.82 Å². The Hall–Kier alpha value is -1.13. The average molecular weight is 237 g/mol. The molecule has 0 bridgehead atoms. The van der Waals surface area contributed by atoms with E-state index in [1.807, 2.05) is 26.8 Å². The second kappa shape index (κ2) is 5.47. The molecule has 1 aromatic rings. The summed E-state index contributed by atoms with van der Waals surface area (Å²) in [4.78, 5) is 4.11. The van der Waals surface area contributed by atoms with Crippen LogP contribution in [0, 0.1) is 6.92 Å². The zero-order valence-electron chi connectivity index (χ0n) is 11.2.